The van der Waals surface area contributed by atoms with Crippen molar-refractivity contribution in [3.05, 3.63) is 0 Å². The van der Waals surface area contributed by atoms with Crippen LogP contribution in [0.5, 0.6) is 0 Å². The number of hydrogen-bond donors (Lipinski definition) is 3. The maximum absolute atomic E-state index is 11.4. The molecule has 8 heteroatoms. The first kappa shape index (κ1) is 12.1. The molecule has 0 radical (unpaired) electrons. The molecule has 0 spiro atoms. The summed E-state index contributed by atoms with van der Waals surface area (Å²) in [6.45, 7) is -0.620. The van der Waals surface area contributed by atoms with Gasteiger partial charge >= 0.3 is 5.97 Å². The lowest BCUT2D eigenvalue weighted by molar-refractivity contribution is -0.151. The Balaban J connectivity index is 2.68. The predicted molar refractivity (Wildman–Crippen MR) is 49.7 cm³/mol. The minimum atomic E-state index is -1.42. The number of carboxylic acids is 1. The van der Waals surface area contributed by atoms with Crippen LogP contribution in [0, 0.1) is 0 Å². The van der Waals surface area contributed by atoms with Gasteiger partial charge in [0.05, 0.1) is 0 Å². The van der Waals surface area contributed by atoms with Crippen LogP contribution in [-0.2, 0) is 19.2 Å². The van der Waals surface area contributed by atoms with Gasteiger partial charge in [-0.3, -0.25) is 24.2 Å². The minimum Gasteiger partial charge on any atom is -0.480 e. The Kier molecular flexibility index (Phi) is 3.56. The summed E-state index contributed by atoms with van der Waals surface area (Å²) < 4.78 is 0. The number of amides is 2. The zero-order chi connectivity index (χ0) is 12.3. The fraction of sp³-hybridized carbons (Fsp3) is 0.500. The van der Waals surface area contributed by atoms with Crippen LogP contribution in [0.3, 0.4) is 0 Å². The van der Waals surface area contributed by atoms with Crippen molar-refractivity contribution in [2.75, 3.05) is 6.54 Å². The van der Waals surface area contributed by atoms with Crippen LogP contribution >= 0.6 is 0 Å². The molecule has 1 aliphatic rings. The van der Waals surface area contributed by atoms with Crippen molar-refractivity contribution in [1.82, 2.24) is 10.3 Å². The van der Waals surface area contributed by atoms with Crippen LogP contribution in [0.4, 0.5) is 0 Å². The van der Waals surface area contributed by atoms with Gasteiger partial charge in [-0.05, 0) is 0 Å². The first-order valence-corrected chi connectivity index (χ1v) is 4.52. The first-order valence-electron chi connectivity index (χ1n) is 4.52. The SMILES string of the molecule is NN1C(=O)CCC(=O)C1C(=O)NCC(=O)O. The minimum absolute atomic E-state index is 0.0297. The maximum atomic E-state index is 11.4. The maximum Gasteiger partial charge on any atom is 0.322 e. The third-order valence-corrected chi connectivity index (χ3v) is 2.12. The lowest BCUT2D eigenvalue weighted by atomic mass is 10.0. The van der Waals surface area contributed by atoms with Crippen molar-refractivity contribution >= 4 is 23.6 Å². The van der Waals surface area contributed by atoms with Crippen molar-refractivity contribution < 1.29 is 24.3 Å². The number of hydrazine groups is 1. The number of nitrogens with zero attached hydrogens (tertiary/aromatic N) is 1. The molecule has 1 atom stereocenters. The number of carbonyl (C=O) groups is 4. The number of aliphatic carboxylic acids is 1. The smallest absolute Gasteiger partial charge is 0.322 e. The summed E-state index contributed by atoms with van der Waals surface area (Å²) in [5, 5.41) is 10.9. The second kappa shape index (κ2) is 4.71. The van der Waals surface area contributed by atoms with Crippen LogP contribution < -0.4 is 11.2 Å². The molecule has 2 amide bonds. The molecular weight excluding hydrogens is 218 g/mol. The molecule has 0 aliphatic carbocycles. The second-order valence-corrected chi connectivity index (χ2v) is 3.28. The zero-order valence-corrected chi connectivity index (χ0v) is 8.30. The lowest BCUT2D eigenvalue weighted by Crippen LogP contribution is -2.59. The summed E-state index contributed by atoms with van der Waals surface area (Å²) in [7, 11) is 0. The summed E-state index contributed by atoms with van der Waals surface area (Å²) in [5.74, 6) is 2.14. The normalized spacial score (nSPS) is 20.8. The fourth-order valence-corrected chi connectivity index (χ4v) is 1.33. The van der Waals surface area contributed by atoms with E-state index in [1.54, 1.807) is 0 Å². The number of carbonyl (C=O) groups excluding carboxylic acids is 3. The number of nitrogens with one attached hydrogen (secondary N) is 1. The highest BCUT2D eigenvalue weighted by Gasteiger charge is 2.38. The van der Waals surface area contributed by atoms with E-state index < -0.39 is 36.2 Å². The molecule has 1 saturated heterocycles. The molecule has 0 aromatic rings. The van der Waals surface area contributed by atoms with E-state index in [-0.39, 0.29) is 12.8 Å². The van der Waals surface area contributed by atoms with Gasteiger partial charge in [0.25, 0.3) is 5.91 Å². The molecule has 88 valence electrons. The third-order valence-electron chi connectivity index (χ3n) is 2.12. The molecule has 0 aromatic heterocycles. The zero-order valence-electron chi connectivity index (χ0n) is 8.30. The number of carboxylic acid groups (broad SMARTS) is 1. The van der Waals surface area contributed by atoms with Gasteiger partial charge in [0.15, 0.2) is 11.8 Å². The number of ketones is 1. The molecular formula is C8H11N3O5. The van der Waals surface area contributed by atoms with E-state index >= 15 is 0 Å². The van der Waals surface area contributed by atoms with E-state index in [1.165, 1.54) is 0 Å². The monoisotopic (exact) mass is 229 g/mol. The van der Waals surface area contributed by atoms with Gasteiger partial charge in [-0.25, -0.2) is 5.84 Å². The molecule has 8 nitrogen and oxygen atoms in total. The Bertz CT molecular complexity index is 354. The third kappa shape index (κ3) is 2.54. The summed E-state index contributed by atoms with van der Waals surface area (Å²) in [6, 6.07) is -1.42. The van der Waals surface area contributed by atoms with Crippen LogP contribution in [0.15, 0.2) is 0 Å². The van der Waals surface area contributed by atoms with Crippen molar-refractivity contribution in [3.63, 3.8) is 0 Å². The number of nitrogens with two attached hydrogens (primary N) is 1. The van der Waals surface area contributed by atoms with E-state index in [0.717, 1.165) is 0 Å². The molecule has 0 bridgehead atoms. The van der Waals surface area contributed by atoms with Gasteiger partial charge in [0, 0.05) is 12.8 Å². The van der Waals surface area contributed by atoms with Crippen LogP contribution in [-0.4, -0.2) is 46.3 Å². The topological polar surface area (TPSA) is 130 Å². The summed E-state index contributed by atoms with van der Waals surface area (Å²) in [6.07, 6.45) is -0.0876. The molecule has 0 aromatic carbocycles. The largest absolute Gasteiger partial charge is 0.480 e. The number of hydrogen-bond acceptors (Lipinski definition) is 5. The Morgan fingerprint density at radius 1 is 1.44 bits per heavy atom. The summed E-state index contributed by atoms with van der Waals surface area (Å²) in [4.78, 5) is 44.1. The standard InChI is InChI=1S/C8H11N3O5/c9-11-5(13)2-1-4(12)7(11)8(16)10-3-6(14)15/h7H,1-3,9H2,(H,10,16)(H,14,15). The van der Waals surface area contributed by atoms with E-state index in [0.29, 0.717) is 5.01 Å². The second-order valence-electron chi connectivity index (χ2n) is 3.28. The van der Waals surface area contributed by atoms with E-state index in [2.05, 4.69) is 0 Å². The summed E-state index contributed by atoms with van der Waals surface area (Å²) >= 11 is 0. The summed E-state index contributed by atoms with van der Waals surface area (Å²) in [5.41, 5.74) is 0. The Labute approximate surface area is 90.3 Å². The van der Waals surface area contributed by atoms with Crippen LogP contribution in [0.2, 0.25) is 0 Å². The molecule has 1 aliphatic heterocycles. The highest BCUT2D eigenvalue weighted by Crippen LogP contribution is 2.11. The molecule has 4 N–H and O–H groups in total. The van der Waals surface area contributed by atoms with Crippen molar-refractivity contribution in [3.8, 4) is 0 Å². The molecule has 16 heavy (non-hydrogen) atoms. The average Bonchev–Trinajstić information content (AvgIpc) is 2.21. The van der Waals surface area contributed by atoms with Gasteiger partial charge in [0.2, 0.25) is 5.91 Å². The predicted octanol–water partition coefficient (Wildman–Crippen LogP) is -2.38. The highest BCUT2D eigenvalue weighted by atomic mass is 16.4. The highest BCUT2D eigenvalue weighted by molar-refractivity contribution is 6.10. The van der Waals surface area contributed by atoms with Gasteiger partial charge in [0.1, 0.15) is 6.54 Å². The molecule has 0 saturated carbocycles. The van der Waals surface area contributed by atoms with Gasteiger partial charge in [-0.2, -0.15) is 0 Å². The quantitative estimate of drug-likeness (QED) is 0.281. The number of rotatable bonds is 3. The van der Waals surface area contributed by atoms with Crippen LogP contribution in [0.25, 0.3) is 0 Å². The van der Waals surface area contributed by atoms with Crippen molar-refractivity contribution in [1.29, 1.82) is 0 Å². The fourth-order valence-electron chi connectivity index (χ4n) is 1.33. The number of piperidine rings is 1. The molecule has 1 rings (SSSR count). The van der Waals surface area contributed by atoms with E-state index in [4.69, 9.17) is 10.9 Å². The number of Topliss-reactive ketones (excluding diaryl/α,β-unsaturated/α-hetero) is 1. The Hall–Kier alpha value is -1.96. The van der Waals surface area contributed by atoms with Crippen molar-refractivity contribution in [2.24, 2.45) is 5.84 Å². The van der Waals surface area contributed by atoms with Gasteiger partial charge in [-0.1, -0.05) is 0 Å². The van der Waals surface area contributed by atoms with Gasteiger partial charge < -0.3 is 10.4 Å². The van der Waals surface area contributed by atoms with E-state index in [1.807, 2.05) is 5.32 Å². The molecule has 1 unspecified atom stereocenters. The van der Waals surface area contributed by atoms with Crippen LogP contribution in [0.1, 0.15) is 12.8 Å². The van der Waals surface area contributed by atoms with Crippen molar-refractivity contribution in [2.45, 2.75) is 18.9 Å². The Morgan fingerprint density at radius 2 is 2.06 bits per heavy atom. The van der Waals surface area contributed by atoms with E-state index in [9.17, 15) is 19.2 Å². The molecule has 1 heterocycles. The first-order chi connectivity index (χ1) is 7.43. The lowest BCUT2D eigenvalue weighted by Gasteiger charge is -2.28. The average molecular weight is 229 g/mol. The van der Waals surface area contributed by atoms with Gasteiger partial charge in [-0.15, -0.1) is 0 Å². The molecule has 1 fully saturated rings. The Morgan fingerprint density at radius 3 is 2.62 bits per heavy atom.